The molecule has 8 heteroatoms. The minimum atomic E-state index is -1.34. The molecule has 1 unspecified atom stereocenters. The fourth-order valence-corrected chi connectivity index (χ4v) is 3.51. The largest absolute Gasteiger partial charge is 0.489 e. The van der Waals surface area contributed by atoms with Gasteiger partial charge in [0.15, 0.2) is 5.69 Å². The summed E-state index contributed by atoms with van der Waals surface area (Å²) in [4.78, 5) is 30.3. The van der Waals surface area contributed by atoms with Crippen molar-refractivity contribution in [1.82, 2.24) is 9.55 Å². The Hall–Kier alpha value is -3.32. The van der Waals surface area contributed by atoms with Crippen molar-refractivity contribution in [2.24, 2.45) is 7.05 Å². The van der Waals surface area contributed by atoms with Gasteiger partial charge in [-0.2, -0.15) is 0 Å². The zero-order chi connectivity index (χ0) is 21.1. The highest BCUT2D eigenvalue weighted by Gasteiger charge is 2.28. The molecule has 1 heterocycles. The molecule has 150 valence electrons. The van der Waals surface area contributed by atoms with Crippen LogP contribution in [0.3, 0.4) is 0 Å². The van der Waals surface area contributed by atoms with Crippen molar-refractivity contribution in [2.45, 2.75) is 6.04 Å². The number of anilines is 1. The van der Waals surface area contributed by atoms with Gasteiger partial charge >= 0.3 is 5.97 Å². The van der Waals surface area contributed by atoms with Gasteiger partial charge in [-0.25, -0.2) is 9.78 Å². The Bertz CT molecular complexity index is 1100. The predicted octanol–water partition coefficient (Wildman–Crippen LogP) is 3.37. The van der Waals surface area contributed by atoms with Crippen molar-refractivity contribution in [1.29, 1.82) is 0 Å². The molecular formula is C21H20ClN3O4. The van der Waals surface area contributed by atoms with Crippen molar-refractivity contribution in [3.05, 3.63) is 86.8 Å². The van der Waals surface area contributed by atoms with Gasteiger partial charge < -0.3 is 14.7 Å². The third-order valence-corrected chi connectivity index (χ3v) is 4.99. The Morgan fingerprint density at radius 3 is 2.38 bits per heavy atom. The minimum absolute atomic E-state index is 0.168. The maximum absolute atomic E-state index is 12.7. The molecule has 0 saturated heterocycles. The molecule has 0 amide bonds. The highest BCUT2D eigenvalue weighted by Crippen LogP contribution is 2.34. The highest BCUT2D eigenvalue weighted by molar-refractivity contribution is 6.31. The van der Waals surface area contributed by atoms with Gasteiger partial charge in [0.1, 0.15) is 0 Å². The molecule has 0 aliphatic rings. The monoisotopic (exact) mass is 413 g/mol. The number of hydrogen-bond donors (Lipinski definition) is 1. The molecule has 3 aromatic rings. The lowest BCUT2D eigenvalue weighted by atomic mass is 9.97. The number of carbonyl (C=O) groups is 1. The molecule has 0 spiro atoms. The van der Waals surface area contributed by atoms with Crippen molar-refractivity contribution in [3.8, 4) is 5.75 Å². The molecule has 1 aromatic heterocycles. The number of aromatic nitrogens is 2. The summed E-state index contributed by atoms with van der Waals surface area (Å²) >= 11 is 6.47. The van der Waals surface area contributed by atoms with E-state index in [1.165, 1.54) is 18.7 Å². The molecule has 29 heavy (non-hydrogen) atoms. The second kappa shape index (κ2) is 8.36. The van der Waals surface area contributed by atoms with Crippen molar-refractivity contribution >= 4 is 23.5 Å². The van der Waals surface area contributed by atoms with Crippen LogP contribution in [0, 0.1) is 0 Å². The molecule has 2 aromatic carbocycles. The van der Waals surface area contributed by atoms with Gasteiger partial charge in [-0.3, -0.25) is 9.36 Å². The van der Waals surface area contributed by atoms with Crippen LogP contribution in [0.1, 0.15) is 27.7 Å². The van der Waals surface area contributed by atoms with E-state index in [1.807, 2.05) is 48.5 Å². The summed E-state index contributed by atoms with van der Waals surface area (Å²) in [7, 11) is 4.50. The molecular weight excluding hydrogens is 394 g/mol. The summed E-state index contributed by atoms with van der Waals surface area (Å²) in [5, 5.41) is 10.1. The summed E-state index contributed by atoms with van der Waals surface area (Å²) in [6, 6.07) is 16.5. The third kappa shape index (κ3) is 3.82. The van der Waals surface area contributed by atoms with Crippen LogP contribution in [0.25, 0.3) is 0 Å². The van der Waals surface area contributed by atoms with Gasteiger partial charge in [0, 0.05) is 19.1 Å². The number of methoxy groups -OCH3 is 1. The Labute approximate surface area is 172 Å². The summed E-state index contributed by atoms with van der Waals surface area (Å²) in [6.45, 7) is 0. The van der Waals surface area contributed by atoms with Crippen LogP contribution in [-0.2, 0) is 7.05 Å². The summed E-state index contributed by atoms with van der Waals surface area (Å²) in [5.41, 5.74) is 0.672. The van der Waals surface area contributed by atoms with Gasteiger partial charge in [-0.15, -0.1) is 0 Å². The summed E-state index contributed by atoms with van der Waals surface area (Å²) in [6.07, 6.45) is 0. The number of hydrogen-bond acceptors (Lipinski definition) is 5. The van der Waals surface area contributed by atoms with Crippen LogP contribution in [-0.4, -0.2) is 34.8 Å². The maximum Gasteiger partial charge on any atom is 0.358 e. The Kier molecular flexibility index (Phi) is 5.89. The van der Waals surface area contributed by atoms with Crippen LogP contribution in [0.5, 0.6) is 5.75 Å². The lowest BCUT2D eigenvalue weighted by Gasteiger charge is -2.31. The first-order valence-electron chi connectivity index (χ1n) is 8.77. The Morgan fingerprint density at radius 1 is 1.17 bits per heavy atom. The normalized spacial score (nSPS) is 11.7. The molecule has 0 fully saturated rings. The first-order valence-corrected chi connectivity index (χ1v) is 9.15. The van der Waals surface area contributed by atoms with E-state index in [9.17, 15) is 14.7 Å². The number of nitrogens with zero attached hydrogens (tertiary/aromatic N) is 3. The highest BCUT2D eigenvalue weighted by atomic mass is 35.5. The average Bonchev–Trinajstić information content (AvgIpc) is 2.72. The van der Waals surface area contributed by atoms with Gasteiger partial charge in [-0.1, -0.05) is 60.1 Å². The lowest BCUT2D eigenvalue weighted by Crippen LogP contribution is -2.34. The van der Waals surface area contributed by atoms with Crippen LogP contribution in [0.4, 0.5) is 5.95 Å². The fraction of sp³-hybridized carbons (Fsp3) is 0.190. The Morgan fingerprint density at radius 2 is 1.79 bits per heavy atom. The number of halogens is 1. The quantitative estimate of drug-likeness (QED) is 0.667. The molecule has 0 aliphatic carbocycles. The van der Waals surface area contributed by atoms with Crippen LogP contribution in [0.15, 0.2) is 59.4 Å². The van der Waals surface area contributed by atoms with Gasteiger partial charge in [0.05, 0.1) is 13.2 Å². The van der Waals surface area contributed by atoms with Crippen molar-refractivity contribution in [2.75, 3.05) is 19.1 Å². The van der Waals surface area contributed by atoms with Crippen LogP contribution in [0.2, 0.25) is 5.02 Å². The smallest absolute Gasteiger partial charge is 0.358 e. The number of aromatic carboxylic acids is 1. The summed E-state index contributed by atoms with van der Waals surface area (Å²) in [5.74, 6) is -1.49. The second-order valence-electron chi connectivity index (χ2n) is 6.41. The van der Waals surface area contributed by atoms with E-state index in [4.69, 9.17) is 16.3 Å². The lowest BCUT2D eigenvalue weighted by molar-refractivity contribution is 0.0685. The molecule has 1 N–H and O–H groups in total. The van der Waals surface area contributed by atoms with Crippen LogP contribution < -0.4 is 15.2 Å². The zero-order valence-electron chi connectivity index (χ0n) is 16.2. The number of ether oxygens (including phenoxy) is 1. The van der Waals surface area contributed by atoms with E-state index in [0.29, 0.717) is 5.02 Å². The Balaban J connectivity index is 2.25. The van der Waals surface area contributed by atoms with Gasteiger partial charge in [-0.05, 0) is 17.2 Å². The molecule has 7 nitrogen and oxygen atoms in total. The van der Waals surface area contributed by atoms with Gasteiger partial charge in [0.2, 0.25) is 11.7 Å². The van der Waals surface area contributed by atoms with Gasteiger partial charge in [0.25, 0.3) is 5.56 Å². The van der Waals surface area contributed by atoms with E-state index in [-0.39, 0.29) is 11.7 Å². The number of benzene rings is 2. The van der Waals surface area contributed by atoms with E-state index in [2.05, 4.69) is 4.98 Å². The second-order valence-corrected chi connectivity index (χ2v) is 6.82. The maximum atomic E-state index is 12.7. The number of carboxylic acids is 1. The topological polar surface area (TPSA) is 84.7 Å². The number of rotatable bonds is 6. The van der Waals surface area contributed by atoms with E-state index < -0.39 is 23.3 Å². The summed E-state index contributed by atoms with van der Waals surface area (Å²) < 4.78 is 6.25. The zero-order valence-corrected chi connectivity index (χ0v) is 16.9. The number of carboxylic acid groups (broad SMARTS) is 1. The molecule has 1 atom stereocenters. The third-order valence-electron chi connectivity index (χ3n) is 4.65. The standard InChI is InChI=1S/C21H20ClN3O4/c1-24(21-23-16(20(27)28)18(29-3)19(26)25(21)2)17(13-9-5-4-6-10-13)14-11-7-8-12-15(14)22/h4-12,17H,1-3H3,(H,27,28). The first kappa shape index (κ1) is 20.4. The van der Waals surface area contributed by atoms with Crippen LogP contribution >= 0.6 is 11.6 Å². The van der Waals surface area contributed by atoms with E-state index >= 15 is 0 Å². The average molecular weight is 414 g/mol. The molecule has 3 rings (SSSR count). The van der Waals surface area contributed by atoms with Crippen molar-refractivity contribution in [3.63, 3.8) is 0 Å². The molecule has 0 aliphatic heterocycles. The molecule has 0 bridgehead atoms. The predicted molar refractivity (Wildman–Crippen MR) is 111 cm³/mol. The fourth-order valence-electron chi connectivity index (χ4n) is 3.27. The first-order chi connectivity index (χ1) is 13.9. The molecule has 0 radical (unpaired) electrons. The van der Waals surface area contributed by atoms with E-state index in [1.54, 1.807) is 18.0 Å². The molecule has 0 saturated carbocycles. The SMILES string of the molecule is COc1c(C(=O)O)nc(N(C)C(c2ccccc2)c2ccccc2Cl)n(C)c1=O. The van der Waals surface area contributed by atoms with Crippen molar-refractivity contribution < 1.29 is 14.6 Å². The minimum Gasteiger partial charge on any atom is -0.489 e. The van der Waals surface area contributed by atoms with E-state index in [0.717, 1.165) is 11.1 Å².